The number of halogens is 2. The number of hydrogen-bond donors (Lipinski definition) is 0. The van der Waals surface area contributed by atoms with Gasteiger partial charge in [0.05, 0.1) is 25.3 Å². The summed E-state index contributed by atoms with van der Waals surface area (Å²) in [6.45, 7) is 0.871. The van der Waals surface area contributed by atoms with Crippen LogP contribution in [0.3, 0.4) is 0 Å². The van der Waals surface area contributed by atoms with E-state index >= 15 is 0 Å². The Hall–Kier alpha value is -1.29. The van der Waals surface area contributed by atoms with Crippen molar-refractivity contribution in [2.75, 3.05) is 7.11 Å². The Bertz CT molecular complexity index is 561. The molecular weight excluding hydrogens is 285 g/mol. The molecule has 1 aromatic carbocycles. The standard InChI is InChI=1S/C14H13Cl2NO2/c1-18-12-4-2-3-10(5-12)8-19-9-11-7-17-14(16)6-13(11)15/h2-7H,8-9H2,1H3. The third-order valence-corrected chi connectivity index (χ3v) is 3.12. The summed E-state index contributed by atoms with van der Waals surface area (Å²) in [4.78, 5) is 3.97. The normalized spacial score (nSPS) is 10.5. The second-order valence-electron chi connectivity index (χ2n) is 3.94. The zero-order valence-corrected chi connectivity index (χ0v) is 11.9. The van der Waals surface area contributed by atoms with Gasteiger partial charge in [-0.1, -0.05) is 35.3 Å². The molecule has 0 unspecified atom stereocenters. The maximum absolute atomic E-state index is 6.03. The first kappa shape index (κ1) is 14.1. The van der Waals surface area contributed by atoms with E-state index in [1.54, 1.807) is 19.4 Å². The maximum Gasteiger partial charge on any atom is 0.130 e. The fourth-order valence-electron chi connectivity index (χ4n) is 1.58. The summed E-state index contributed by atoms with van der Waals surface area (Å²) >= 11 is 11.8. The first-order valence-electron chi connectivity index (χ1n) is 5.69. The number of benzene rings is 1. The molecule has 0 amide bonds. The van der Waals surface area contributed by atoms with Crippen LogP contribution in [-0.4, -0.2) is 12.1 Å². The molecular formula is C14H13Cl2NO2. The minimum absolute atomic E-state index is 0.376. The summed E-state index contributed by atoms with van der Waals surface area (Å²) in [5, 5.41) is 0.937. The zero-order chi connectivity index (χ0) is 13.7. The van der Waals surface area contributed by atoms with Gasteiger partial charge in [-0.3, -0.25) is 0 Å². The van der Waals surface area contributed by atoms with Crippen LogP contribution in [0.5, 0.6) is 5.75 Å². The third-order valence-electron chi connectivity index (χ3n) is 2.56. The molecule has 5 heteroatoms. The molecule has 0 saturated heterocycles. The number of ether oxygens (including phenoxy) is 2. The van der Waals surface area contributed by atoms with Crippen LogP contribution in [0, 0.1) is 0 Å². The van der Waals surface area contributed by atoms with Gasteiger partial charge >= 0.3 is 0 Å². The number of pyridine rings is 1. The molecule has 1 heterocycles. The lowest BCUT2D eigenvalue weighted by Gasteiger charge is -2.07. The van der Waals surface area contributed by atoms with Crippen LogP contribution in [0.15, 0.2) is 36.5 Å². The van der Waals surface area contributed by atoms with Crippen LogP contribution < -0.4 is 4.74 Å². The van der Waals surface area contributed by atoms with Gasteiger partial charge in [0.15, 0.2) is 0 Å². The first-order valence-corrected chi connectivity index (χ1v) is 6.45. The number of nitrogens with zero attached hydrogens (tertiary/aromatic N) is 1. The predicted octanol–water partition coefficient (Wildman–Crippen LogP) is 4.11. The summed E-state index contributed by atoms with van der Waals surface area (Å²) in [6.07, 6.45) is 1.62. The van der Waals surface area contributed by atoms with Crippen molar-refractivity contribution in [3.05, 3.63) is 57.8 Å². The highest BCUT2D eigenvalue weighted by atomic mass is 35.5. The Morgan fingerprint density at radius 2 is 2.00 bits per heavy atom. The van der Waals surface area contributed by atoms with E-state index in [1.807, 2.05) is 24.3 Å². The lowest BCUT2D eigenvalue weighted by atomic mass is 10.2. The van der Waals surface area contributed by atoms with Crippen LogP contribution >= 0.6 is 23.2 Å². The molecule has 0 N–H and O–H groups in total. The maximum atomic E-state index is 6.03. The molecule has 2 rings (SSSR count). The van der Waals surface area contributed by atoms with Crippen molar-refractivity contribution in [3.63, 3.8) is 0 Å². The zero-order valence-electron chi connectivity index (χ0n) is 10.4. The Kier molecular flexibility index (Phi) is 5.02. The average Bonchev–Trinajstić information content (AvgIpc) is 2.41. The summed E-state index contributed by atoms with van der Waals surface area (Å²) in [6, 6.07) is 9.33. The van der Waals surface area contributed by atoms with Crippen LogP contribution in [0.2, 0.25) is 10.2 Å². The Balaban J connectivity index is 1.92. The topological polar surface area (TPSA) is 31.4 Å². The minimum Gasteiger partial charge on any atom is -0.497 e. The Morgan fingerprint density at radius 3 is 2.74 bits per heavy atom. The van der Waals surface area contributed by atoms with Crippen molar-refractivity contribution in [2.45, 2.75) is 13.2 Å². The van der Waals surface area contributed by atoms with Crippen molar-refractivity contribution in [1.29, 1.82) is 0 Å². The van der Waals surface area contributed by atoms with Crippen molar-refractivity contribution in [1.82, 2.24) is 4.98 Å². The van der Waals surface area contributed by atoms with E-state index in [4.69, 9.17) is 32.7 Å². The molecule has 19 heavy (non-hydrogen) atoms. The quantitative estimate of drug-likeness (QED) is 0.778. The molecule has 0 aliphatic carbocycles. The van der Waals surface area contributed by atoms with Gasteiger partial charge in [0.1, 0.15) is 10.9 Å². The molecule has 3 nitrogen and oxygen atoms in total. The third kappa shape index (κ3) is 4.10. The van der Waals surface area contributed by atoms with Gasteiger partial charge in [-0.25, -0.2) is 4.98 Å². The van der Waals surface area contributed by atoms with E-state index in [1.165, 1.54) is 0 Å². The first-order chi connectivity index (χ1) is 9.19. The number of aromatic nitrogens is 1. The summed E-state index contributed by atoms with van der Waals surface area (Å²) in [7, 11) is 1.64. The number of hydrogen-bond acceptors (Lipinski definition) is 3. The molecule has 0 radical (unpaired) electrons. The van der Waals surface area contributed by atoms with Crippen LogP contribution in [0.25, 0.3) is 0 Å². The highest BCUT2D eigenvalue weighted by Crippen LogP contribution is 2.20. The lowest BCUT2D eigenvalue weighted by Crippen LogP contribution is -1.96. The van der Waals surface area contributed by atoms with Crippen LogP contribution in [0.1, 0.15) is 11.1 Å². The Labute approximate surface area is 122 Å². The molecule has 100 valence electrons. The minimum atomic E-state index is 0.376. The lowest BCUT2D eigenvalue weighted by molar-refractivity contribution is 0.107. The Morgan fingerprint density at radius 1 is 1.16 bits per heavy atom. The fraction of sp³-hybridized carbons (Fsp3) is 0.214. The number of methoxy groups -OCH3 is 1. The van der Waals surface area contributed by atoms with Gasteiger partial charge in [0.25, 0.3) is 0 Å². The molecule has 0 spiro atoms. The van der Waals surface area contributed by atoms with Gasteiger partial charge in [-0.15, -0.1) is 0 Å². The monoisotopic (exact) mass is 297 g/mol. The van der Waals surface area contributed by atoms with Crippen LogP contribution in [-0.2, 0) is 18.0 Å². The molecule has 2 aromatic rings. The summed E-state index contributed by atoms with van der Waals surface area (Å²) < 4.78 is 10.8. The van der Waals surface area contributed by atoms with Gasteiger partial charge in [0.2, 0.25) is 0 Å². The largest absolute Gasteiger partial charge is 0.497 e. The second kappa shape index (κ2) is 6.75. The van der Waals surface area contributed by atoms with E-state index in [9.17, 15) is 0 Å². The second-order valence-corrected chi connectivity index (χ2v) is 4.74. The molecule has 0 bridgehead atoms. The summed E-state index contributed by atoms with van der Waals surface area (Å²) in [5.41, 5.74) is 1.85. The van der Waals surface area contributed by atoms with E-state index in [2.05, 4.69) is 4.98 Å². The van der Waals surface area contributed by atoms with Crippen molar-refractivity contribution < 1.29 is 9.47 Å². The van der Waals surface area contributed by atoms with Crippen LogP contribution in [0.4, 0.5) is 0 Å². The van der Waals surface area contributed by atoms with E-state index < -0.39 is 0 Å². The van der Waals surface area contributed by atoms with Gasteiger partial charge in [0, 0.05) is 11.8 Å². The highest BCUT2D eigenvalue weighted by Gasteiger charge is 2.03. The number of rotatable bonds is 5. The van der Waals surface area contributed by atoms with E-state index in [-0.39, 0.29) is 0 Å². The molecule has 0 saturated carbocycles. The van der Waals surface area contributed by atoms with E-state index in [0.29, 0.717) is 23.4 Å². The predicted molar refractivity (Wildman–Crippen MR) is 75.7 cm³/mol. The van der Waals surface area contributed by atoms with Crippen molar-refractivity contribution in [3.8, 4) is 5.75 Å². The van der Waals surface area contributed by atoms with Crippen molar-refractivity contribution >= 4 is 23.2 Å². The molecule has 0 atom stereocenters. The summed E-state index contributed by atoms with van der Waals surface area (Å²) in [5.74, 6) is 0.812. The van der Waals surface area contributed by atoms with Gasteiger partial charge in [-0.2, -0.15) is 0 Å². The average molecular weight is 298 g/mol. The molecule has 1 aromatic heterocycles. The molecule has 0 aliphatic rings. The van der Waals surface area contributed by atoms with Gasteiger partial charge < -0.3 is 9.47 Å². The van der Waals surface area contributed by atoms with Gasteiger partial charge in [-0.05, 0) is 23.8 Å². The molecule has 0 aliphatic heterocycles. The molecule has 0 fully saturated rings. The highest BCUT2D eigenvalue weighted by molar-refractivity contribution is 6.34. The smallest absolute Gasteiger partial charge is 0.130 e. The van der Waals surface area contributed by atoms with E-state index in [0.717, 1.165) is 16.9 Å². The SMILES string of the molecule is COc1cccc(COCc2cnc(Cl)cc2Cl)c1. The van der Waals surface area contributed by atoms with Crippen molar-refractivity contribution in [2.24, 2.45) is 0 Å². The fourth-order valence-corrected chi connectivity index (χ4v) is 2.00.